The molecule has 0 fully saturated rings. The summed E-state index contributed by atoms with van der Waals surface area (Å²) in [6.07, 6.45) is 1.64. The Kier molecular flexibility index (Phi) is 2.84. The first kappa shape index (κ1) is 14.8. The minimum absolute atomic E-state index is 0.188. The van der Waals surface area contributed by atoms with Crippen LogP contribution >= 0.6 is 0 Å². The summed E-state index contributed by atoms with van der Waals surface area (Å²) >= 11 is 0. The number of aryl methyl sites for hydroxylation is 1. The van der Waals surface area contributed by atoms with Crippen molar-refractivity contribution in [1.29, 1.82) is 0 Å². The van der Waals surface area contributed by atoms with E-state index in [1.54, 1.807) is 12.3 Å². The Hall–Kier alpha value is -3.53. The maximum absolute atomic E-state index is 12.8. The third-order valence-corrected chi connectivity index (χ3v) is 4.93. The molecule has 4 nitrogen and oxygen atoms in total. The monoisotopic (exact) mass is 341 g/mol. The van der Waals surface area contributed by atoms with E-state index in [9.17, 15) is 9.90 Å². The van der Waals surface area contributed by atoms with Crippen molar-refractivity contribution in [2.75, 3.05) is 0 Å². The van der Waals surface area contributed by atoms with E-state index in [4.69, 9.17) is 4.74 Å². The van der Waals surface area contributed by atoms with Crippen molar-refractivity contribution in [3.8, 4) is 17.2 Å². The van der Waals surface area contributed by atoms with Crippen LogP contribution in [-0.4, -0.2) is 9.67 Å². The minimum Gasteiger partial charge on any atom is -0.508 e. The number of benzene rings is 3. The predicted octanol–water partition coefficient (Wildman–Crippen LogP) is 5.09. The lowest BCUT2D eigenvalue weighted by Gasteiger charge is -2.25. The van der Waals surface area contributed by atoms with Gasteiger partial charge in [-0.1, -0.05) is 36.9 Å². The molecule has 5 rings (SSSR count). The number of nitrogens with zero attached hydrogens (tertiary/aromatic N) is 1. The molecule has 0 aliphatic carbocycles. The highest BCUT2D eigenvalue weighted by Crippen LogP contribution is 2.43. The number of aliphatic hydroxyl groups is 1. The molecule has 1 aliphatic heterocycles. The number of aliphatic hydroxyl groups excluding tert-OH is 1. The number of fused-ring (bicyclic) bond motifs is 3. The van der Waals surface area contributed by atoms with Crippen LogP contribution in [0.2, 0.25) is 0 Å². The highest BCUT2D eigenvalue weighted by molar-refractivity contribution is 5.94. The van der Waals surface area contributed by atoms with Crippen molar-refractivity contribution in [3.05, 3.63) is 82.7 Å². The van der Waals surface area contributed by atoms with Gasteiger partial charge in [0.1, 0.15) is 11.3 Å². The third kappa shape index (κ3) is 1.87. The summed E-state index contributed by atoms with van der Waals surface area (Å²) in [4.78, 5) is 12.8. The number of aromatic nitrogens is 1. The molecule has 1 aromatic heterocycles. The molecule has 26 heavy (non-hydrogen) atoms. The van der Waals surface area contributed by atoms with Gasteiger partial charge in [-0.2, -0.15) is 0 Å². The Morgan fingerprint density at radius 2 is 1.85 bits per heavy atom. The third-order valence-electron chi connectivity index (χ3n) is 4.93. The van der Waals surface area contributed by atoms with Crippen molar-refractivity contribution in [3.63, 3.8) is 0 Å². The lowest BCUT2D eigenvalue weighted by atomic mass is 10.0. The van der Waals surface area contributed by atoms with Crippen LogP contribution in [0.25, 0.3) is 33.1 Å². The maximum atomic E-state index is 12.8. The first-order valence-electron chi connectivity index (χ1n) is 8.33. The second-order valence-electron chi connectivity index (χ2n) is 6.57. The Balaban J connectivity index is 1.99. The molecule has 2 heterocycles. The van der Waals surface area contributed by atoms with E-state index in [1.165, 1.54) is 0 Å². The van der Waals surface area contributed by atoms with Gasteiger partial charge in [0.25, 0.3) is 0 Å². The molecule has 126 valence electrons. The van der Waals surface area contributed by atoms with Crippen molar-refractivity contribution < 1.29 is 9.84 Å². The summed E-state index contributed by atoms with van der Waals surface area (Å²) in [5, 5.41) is 12.6. The summed E-state index contributed by atoms with van der Waals surface area (Å²) in [5.41, 5.74) is 2.42. The van der Waals surface area contributed by atoms with Gasteiger partial charge in [0.05, 0.1) is 16.6 Å². The van der Waals surface area contributed by atoms with Gasteiger partial charge in [-0.05, 0) is 41.5 Å². The molecule has 3 aromatic carbocycles. The molecular weight excluding hydrogens is 326 g/mol. The van der Waals surface area contributed by atoms with Gasteiger partial charge in [-0.3, -0.25) is 4.79 Å². The van der Waals surface area contributed by atoms with Gasteiger partial charge >= 0.3 is 0 Å². The van der Waals surface area contributed by atoms with Crippen LogP contribution in [0.4, 0.5) is 0 Å². The highest BCUT2D eigenvalue weighted by Gasteiger charge is 2.24. The first-order valence-corrected chi connectivity index (χ1v) is 8.33. The van der Waals surface area contributed by atoms with E-state index >= 15 is 0 Å². The molecule has 0 bridgehead atoms. The fourth-order valence-corrected chi connectivity index (χ4v) is 3.60. The molecule has 0 saturated carbocycles. The Labute approximate surface area is 149 Å². The van der Waals surface area contributed by atoms with Crippen LogP contribution in [0.5, 0.6) is 11.5 Å². The number of ether oxygens (including phenoxy) is 1. The van der Waals surface area contributed by atoms with E-state index in [1.807, 2.05) is 54.0 Å². The standard InChI is InChI=1S/C22H15NO3/c1-12-7-8-16-20-22(12)26-19-10-15-6-4-3-5-14(15)9-18(19)23(20)11-17(13(2)24)21(16)25/h3-11,24H,2H2,1H3. The molecular formula is C22H15NO3. The van der Waals surface area contributed by atoms with Gasteiger partial charge in [-0.25, -0.2) is 0 Å². The molecule has 0 unspecified atom stereocenters. The van der Waals surface area contributed by atoms with Gasteiger partial charge in [-0.15, -0.1) is 0 Å². The average molecular weight is 341 g/mol. The normalized spacial score (nSPS) is 12.0. The summed E-state index contributed by atoms with van der Waals surface area (Å²) in [7, 11) is 0. The van der Waals surface area contributed by atoms with Crippen LogP contribution in [0.1, 0.15) is 11.1 Å². The van der Waals surface area contributed by atoms with E-state index in [-0.39, 0.29) is 16.8 Å². The van der Waals surface area contributed by atoms with Crippen molar-refractivity contribution in [1.82, 2.24) is 4.57 Å². The molecule has 4 aromatic rings. The van der Waals surface area contributed by atoms with Crippen molar-refractivity contribution in [2.24, 2.45) is 0 Å². The minimum atomic E-state index is -0.252. The fraction of sp³-hybridized carbons (Fsp3) is 0.0455. The Bertz CT molecular complexity index is 1310. The lowest BCUT2D eigenvalue weighted by molar-refractivity contribution is 0.471. The summed E-state index contributed by atoms with van der Waals surface area (Å²) in [6, 6.07) is 15.7. The van der Waals surface area contributed by atoms with E-state index < -0.39 is 0 Å². The van der Waals surface area contributed by atoms with Crippen LogP contribution in [0, 0.1) is 6.92 Å². The summed E-state index contributed by atoms with van der Waals surface area (Å²) < 4.78 is 8.12. The number of hydrogen-bond acceptors (Lipinski definition) is 3. The molecule has 0 amide bonds. The second-order valence-corrected chi connectivity index (χ2v) is 6.57. The zero-order valence-electron chi connectivity index (χ0n) is 14.1. The molecule has 1 aliphatic rings. The van der Waals surface area contributed by atoms with Crippen LogP contribution < -0.4 is 10.2 Å². The smallest absolute Gasteiger partial charge is 0.200 e. The molecule has 0 spiro atoms. The molecule has 0 radical (unpaired) electrons. The Morgan fingerprint density at radius 3 is 2.58 bits per heavy atom. The van der Waals surface area contributed by atoms with Crippen molar-refractivity contribution >= 4 is 27.4 Å². The summed E-state index contributed by atoms with van der Waals surface area (Å²) in [6.45, 7) is 5.50. The predicted molar refractivity (Wildman–Crippen MR) is 104 cm³/mol. The van der Waals surface area contributed by atoms with Crippen molar-refractivity contribution in [2.45, 2.75) is 6.92 Å². The highest BCUT2D eigenvalue weighted by atomic mass is 16.5. The van der Waals surface area contributed by atoms with E-state index in [2.05, 4.69) is 6.58 Å². The average Bonchev–Trinajstić information content (AvgIpc) is 2.63. The van der Waals surface area contributed by atoms with E-state index in [0.29, 0.717) is 22.4 Å². The van der Waals surface area contributed by atoms with Crippen LogP contribution in [-0.2, 0) is 0 Å². The largest absolute Gasteiger partial charge is 0.508 e. The van der Waals surface area contributed by atoms with Crippen LogP contribution in [0.3, 0.4) is 0 Å². The zero-order chi connectivity index (χ0) is 18.0. The van der Waals surface area contributed by atoms with Crippen LogP contribution in [0.15, 0.2) is 66.1 Å². The Morgan fingerprint density at radius 1 is 1.12 bits per heavy atom. The molecule has 0 atom stereocenters. The summed E-state index contributed by atoms with van der Waals surface area (Å²) in [5.74, 6) is 1.14. The zero-order valence-corrected chi connectivity index (χ0v) is 14.1. The lowest BCUT2D eigenvalue weighted by Crippen LogP contribution is -2.17. The quantitative estimate of drug-likeness (QED) is 0.432. The van der Waals surface area contributed by atoms with Gasteiger partial charge < -0.3 is 14.4 Å². The fourth-order valence-electron chi connectivity index (χ4n) is 3.60. The molecule has 1 N–H and O–H groups in total. The maximum Gasteiger partial charge on any atom is 0.200 e. The topological polar surface area (TPSA) is 51.5 Å². The number of hydrogen-bond donors (Lipinski definition) is 1. The van der Waals surface area contributed by atoms with Gasteiger partial charge in [0.15, 0.2) is 16.9 Å². The molecule has 0 saturated heterocycles. The number of rotatable bonds is 1. The number of pyridine rings is 1. The van der Waals surface area contributed by atoms with Gasteiger partial charge in [0.2, 0.25) is 0 Å². The second kappa shape index (κ2) is 4.99. The molecule has 4 heteroatoms. The van der Waals surface area contributed by atoms with E-state index in [0.717, 1.165) is 22.0 Å². The first-order chi connectivity index (χ1) is 12.5. The SMILES string of the molecule is C=C(O)c1cn2c3c(c(C)ccc3c1=O)Oc1cc3ccccc3cc1-2. The van der Waals surface area contributed by atoms with Gasteiger partial charge in [0, 0.05) is 6.20 Å².